The van der Waals surface area contributed by atoms with Crippen molar-refractivity contribution in [2.75, 3.05) is 0 Å². The molecule has 0 unspecified atom stereocenters. The standard InChI is InChI=1S/C16H25NO/c1-11(2)17(12(3)4)16(18)10-15-9-7-8-13(5)14(15)6/h7-9,11-12H,10H2,1-6H3. The second kappa shape index (κ2) is 6.03. The fourth-order valence-corrected chi connectivity index (χ4v) is 2.43. The first-order chi connectivity index (χ1) is 8.34. The van der Waals surface area contributed by atoms with Gasteiger partial charge in [0.25, 0.3) is 0 Å². The highest BCUT2D eigenvalue weighted by Gasteiger charge is 2.20. The van der Waals surface area contributed by atoms with Gasteiger partial charge in [-0.25, -0.2) is 0 Å². The summed E-state index contributed by atoms with van der Waals surface area (Å²) in [7, 11) is 0. The van der Waals surface area contributed by atoms with E-state index in [0.29, 0.717) is 6.42 Å². The van der Waals surface area contributed by atoms with Crippen molar-refractivity contribution in [1.82, 2.24) is 4.90 Å². The summed E-state index contributed by atoms with van der Waals surface area (Å²) in [6.45, 7) is 12.5. The molecule has 0 N–H and O–H groups in total. The molecule has 2 heteroatoms. The molecular weight excluding hydrogens is 222 g/mol. The van der Waals surface area contributed by atoms with Gasteiger partial charge in [0.1, 0.15) is 0 Å². The van der Waals surface area contributed by atoms with Crippen LogP contribution in [-0.2, 0) is 11.2 Å². The van der Waals surface area contributed by atoms with Crippen LogP contribution in [0.1, 0.15) is 44.4 Å². The van der Waals surface area contributed by atoms with Crippen molar-refractivity contribution in [2.45, 2.75) is 60.0 Å². The molecule has 0 bridgehead atoms. The number of carbonyl (C=O) groups is 1. The molecule has 0 aliphatic rings. The summed E-state index contributed by atoms with van der Waals surface area (Å²) in [5, 5.41) is 0. The highest BCUT2D eigenvalue weighted by Crippen LogP contribution is 2.16. The fourth-order valence-electron chi connectivity index (χ4n) is 2.43. The summed E-state index contributed by atoms with van der Waals surface area (Å²) in [4.78, 5) is 14.3. The lowest BCUT2D eigenvalue weighted by molar-refractivity contribution is -0.134. The van der Waals surface area contributed by atoms with Crippen LogP contribution in [0.3, 0.4) is 0 Å². The maximum absolute atomic E-state index is 12.4. The molecule has 100 valence electrons. The molecule has 0 heterocycles. The zero-order chi connectivity index (χ0) is 13.9. The molecule has 0 spiro atoms. The first-order valence-corrected chi connectivity index (χ1v) is 6.70. The summed E-state index contributed by atoms with van der Waals surface area (Å²) in [6.07, 6.45) is 0.504. The molecule has 1 aromatic rings. The third kappa shape index (κ3) is 3.34. The van der Waals surface area contributed by atoms with Crippen molar-refractivity contribution < 1.29 is 4.79 Å². The van der Waals surface area contributed by atoms with Crippen LogP contribution in [0.25, 0.3) is 0 Å². The molecular formula is C16H25NO. The van der Waals surface area contributed by atoms with Crippen LogP contribution in [0.2, 0.25) is 0 Å². The number of aryl methyl sites for hydroxylation is 1. The lowest BCUT2D eigenvalue weighted by Crippen LogP contribution is -2.42. The van der Waals surface area contributed by atoms with E-state index in [-0.39, 0.29) is 18.0 Å². The van der Waals surface area contributed by atoms with E-state index >= 15 is 0 Å². The number of nitrogens with zero attached hydrogens (tertiary/aromatic N) is 1. The van der Waals surface area contributed by atoms with Gasteiger partial charge in [-0.2, -0.15) is 0 Å². The monoisotopic (exact) mass is 247 g/mol. The van der Waals surface area contributed by atoms with Gasteiger partial charge in [-0.3, -0.25) is 4.79 Å². The van der Waals surface area contributed by atoms with Gasteiger partial charge in [0, 0.05) is 12.1 Å². The van der Waals surface area contributed by atoms with Crippen molar-refractivity contribution in [1.29, 1.82) is 0 Å². The van der Waals surface area contributed by atoms with Crippen molar-refractivity contribution in [3.8, 4) is 0 Å². The Kier molecular flexibility index (Phi) is 4.94. The number of amides is 1. The van der Waals surface area contributed by atoms with Crippen molar-refractivity contribution in [3.05, 3.63) is 34.9 Å². The Labute approximate surface area is 111 Å². The number of hydrogen-bond donors (Lipinski definition) is 0. The number of hydrogen-bond acceptors (Lipinski definition) is 1. The Morgan fingerprint density at radius 3 is 2.17 bits per heavy atom. The molecule has 1 rings (SSSR count). The smallest absolute Gasteiger partial charge is 0.227 e. The van der Waals surface area contributed by atoms with E-state index in [9.17, 15) is 4.79 Å². The summed E-state index contributed by atoms with van der Waals surface area (Å²) in [5.41, 5.74) is 3.63. The summed E-state index contributed by atoms with van der Waals surface area (Å²) in [5.74, 6) is 0.216. The second-order valence-electron chi connectivity index (χ2n) is 5.52. The van der Waals surface area contributed by atoms with Gasteiger partial charge in [-0.05, 0) is 58.2 Å². The largest absolute Gasteiger partial charge is 0.338 e. The van der Waals surface area contributed by atoms with Gasteiger partial charge in [0.2, 0.25) is 5.91 Å². The van der Waals surface area contributed by atoms with Crippen LogP contribution in [0, 0.1) is 13.8 Å². The molecule has 0 aliphatic heterocycles. The van der Waals surface area contributed by atoms with E-state index < -0.39 is 0 Å². The van der Waals surface area contributed by atoms with E-state index in [1.165, 1.54) is 11.1 Å². The average Bonchev–Trinajstić information content (AvgIpc) is 2.23. The first-order valence-electron chi connectivity index (χ1n) is 6.70. The van der Waals surface area contributed by atoms with Crippen LogP contribution in [0.4, 0.5) is 0 Å². The van der Waals surface area contributed by atoms with Crippen LogP contribution in [0.15, 0.2) is 18.2 Å². The predicted octanol–water partition coefficient (Wildman–Crippen LogP) is 3.49. The van der Waals surface area contributed by atoms with Crippen molar-refractivity contribution in [2.24, 2.45) is 0 Å². The van der Waals surface area contributed by atoms with E-state index in [1.807, 2.05) is 11.0 Å². The molecule has 1 amide bonds. The van der Waals surface area contributed by atoms with Crippen LogP contribution >= 0.6 is 0 Å². The fraction of sp³-hybridized carbons (Fsp3) is 0.562. The normalized spacial score (nSPS) is 11.1. The van der Waals surface area contributed by atoms with Crippen molar-refractivity contribution in [3.63, 3.8) is 0 Å². The third-order valence-corrected chi connectivity index (χ3v) is 3.46. The summed E-state index contributed by atoms with van der Waals surface area (Å²) in [6, 6.07) is 6.68. The zero-order valence-electron chi connectivity index (χ0n) is 12.4. The molecule has 0 aliphatic carbocycles. The van der Waals surface area contributed by atoms with Gasteiger partial charge in [-0.15, -0.1) is 0 Å². The van der Waals surface area contributed by atoms with E-state index in [0.717, 1.165) is 5.56 Å². The minimum absolute atomic E-state index is 0.216. The highest BCUT2D eigenvalue weighted by atomic mass is 16.2. The Morgan fingerprint density at radius 2 is 1.67 bits per heavy atom. The Balaban J connectivity index is 2.90. The van der Waals surface area contributed by atoms with E-state index in [1.54, 1.807) is 0 Å². The Bertz CT molecular complexity index is 413. The van der Waals surface area contributed by atoms with Gasteiger partial charge < -0.3 is 4.90 Å². The number of carbonyl (C=O) groups excluding carboxylic acids is 1. The van der Waals surface area contributed by atoms with Crippen molar-refractivity contribution >= 4 is 5.91 Å². The molecule has 0 saturated heterocycles. The van der Waals surface area contributed by atoms with Gasteiger partial charge in [0.05, 0.1) is 6.42 Å². The predicted molar refractivity (Wildman–Crippen MR) is 76.7 cm³/mol. The van der Waals surface area contributed by atoms with Crippen LogP contribution < -0.4 is 0 Å². The third-order valence-electron chi connectivity index (χ3n) is 3.46. The minimum Gasteiger partial charge on any atom is -0.338 e. The van der Waals surface area contributed by atoms with Crippen LogP contribution in [-0.4, -0.2) is 22.9 Å². The van der Waals surface area contributed by atoms with Gasteiger partial charge >= 0.3 is 0 Å². The van der Waals surface area contributed by atoms with Crippen LogP contribution in [0.5, 0.6) is 0 Å². The topological polar surface area (TPSA) is 20.3 Å². The highest BCUT2D eigenvalue weighted by molar-refractivity contribution is 5.79. The molecule has 18 heavy (non-hydrogen) atoms. The van der Waals surface area contributed by atoms with Gasteiger partial charge in [0.15, 0.2) is 0 Å². The van der Waals surface area contributed by atoms with E-state index in [2.05, 4.69) is 53.7 Å². The lowest BCUT2D eigenvalue weighted by atomic mass is 10.00. The Hall–Kier alpha value is -1.31. The molecule has 0 fully saturated rings. The molecule has 0 radical (unpaired) electrons. The lowest BCUT2D eigenvalue weighted by Gasteiger charge is -2.31. The molecule has 1 aromatic carbocycles. The average molecular weight is 247 g/mol. The quantitative estimate of drug-likeness (QED) is 0.797. The number of rotatable bonds is 4. The molecule has 2 nitrogen and oxygen atoms in total. The summed E-state index contributed by atoms with van der Waals surface area (Å²) >= 11 is 0. The molecule has 0 atom stereocenters. The Morgan fingerprint density at radius 1 is 1.11 bits per heavy atom. The SMILES string of the molecule is Cc1cccc(CC(=O)N(C(C)C)C(C)C)c1C. The molecule has 0 aromatic heterocycles. The first kappa shape index (κ1) is 14.7. The maximum Gasteiger partial charge on any atom is 0.227 e. The maximum atomic E-state index is 12.4. The van der Waals surface area contributed by atoms with E-state index in [4.69, 9.17) is 0 Å². The summed E-state index contributed by atoms with van der Waals surface area (Å²) < 4.78 is 0. The minimum atomic E-state index is 0.216. The second-order valence-corrected chi connectivity index (χ2v) is 5.52. The number of benzene rings is 1. The molecule has 0 saturated carbocycles. The van der Waals surface area contributed by atoms with Gasteiger partial charge in [-0.1, -0.05) is 18.2 Å². The zero-order valence-corrected chi connectivity index (χ0v) is 12.4.